The highest BCUT2D eigenvalue weighted by Gasteiger charge is 2.29. The Morgan fingerprint density at radius 3 is 2.85 bits per heavy atom. The zero-order valence-electron chi connectivity index (χ0n) is 19.0. The maximum absolute atomic E-state index is 11.0. The van der Waals surface area contributed by atoms with Crippen LogP contribution in [-0.2, 0) is 0 Å². The fraction of sp³-hybridized carbons (Fsp3) is 0.407. The molecular weight excluding hydrogens is 414 g/mol. The Bertz CT molecular complexity index is 1110. The maximum Gasteiger partial charge on any atom is 0.119 e. The Balaban J connectivity index is 1.34. The van der Waals surface area contributed by atoms with Gasteiger partial charge in [0.15, 0.2) is 0 Å². The van der Waals surface area contributed by atoms with Crippen LogP contribution < -0.4 is 4.74 Å². The van der Waals surface area contributed by atoms with Crippen molar-refractivity contribution in [2.75, 3.05) is 33.4 Å². The van der Waals surface area contributed by atoms with Gasteiger partial charge in [-0.3, -0.25) is 9.88 Å². The predicted octanol–water partition coefficient (Wildman–Crippen LogP) is 3.43. The first-order chi connectivity index (χ1) is 16.2. The van der Waals surface area contributed by atoms with Crippen molar-refractivity contribution in [3.63, 3.8) is 0 Å². The van der Waals surface area contributed by atoms with Crippen LogP contribution in [0.3, 0.4) is 0 Å². The Hall–Kier alpha value is -2.98. The van der Waals surface area contributed by atoms with E-state index in [4.69, 9.17) is 4.74 Å². The van der Waals surface area contributed by atoms with Gasteiger partial charge < -0.3 is 14.9 Å². The predicted molar refractivity (Wildman–Crippen MR) is 129 cm³/mol. The average Bonchev–Trinajstić information content (AvgIpc) is 2.87. The van der Waals surface area contributed by atoms with E-state index in [9.17, 15) is 10.2 Å². The second-order valence-electron chi connectivity index (χ2n) is 8.62. The molecule has 33 heavy (non-hydrogen) atoms. The van der Waals surface area contributed by atoms with Gasteiger partial charge in [-0.05, 0) is 85.5 Å². The number of aliphatic hydroxyl groups is 2. The van der Waals surface area contributed by atoms with Crippen LogP contribution in [0, 0.1) is 23.7 Å². The van der Waals surface area contributed by atoms with Crippen molar-refractivity contribution < 1.29 is 14.9 Å². The highest BCUT2D eigenvalue weighted by molar-refractivity contribution is 5.83. The first-order valence-corrected chi connectivity index (χ1v) is 11.5. The van der Waals surface area contributed by atoms with Crippen molar-refractivity contribution in [1.82, 2.24) is 14.9 Å². The summed E-state index contributed by atoms with van der Waals surface area (Å²) >= 11 is 0. The Morgan fingerprint density at radius 1 is 1.15 bits per heavy atom. The van der Waals surface area contributed by atoms with Gasteiger partial charge in [-0.25, -0.2) is 4.98 Å². The van der Waals surface area contributed by atoms with Gasteiger partial charge >= 0.3 is 0 Å². The summed E-state index contributed by atoms with van der Waals surface area (Å²) in [6, 6.07) is 13.3. The maximum atomic E-state index is 11.0. The number of pyridine rings is 2. The third kappa shape index (κ3) is 5.88. The molecule has 0 aliphatic carbocycles. The van der Waals surface area contributed by atoms with Crippen LogP contribution in [-0.4, -0.2) is 58.4 Å². The molecule has 172 valence electrons. The highest BCUT2D eigenvalue weighted by Crippen LogP contribution is 2.33. The summed E-state index contributed by atoms with van der Waals surface area (Å²) in [7, 11) is 1.64. The highest BCUT2D eigenvalue weighted by atomic mass is 16.5. The van der Waals surface area contributed by atoms with E-state index in [-0.39, 0.29) is 12.5 Å². The van der Waals surface area contributed by atoms with E-state index in [1.54, 1.807) is 19.5 Å². The van der Waals surface area contributed by atoms with E-state index >= 15 is 0 Å². The van der Waals surface area contributed by atoms with Crippen molar-refractivity contribution in [3.8, 4) is 17.6 Å². The molecule has 1 aliphatic rings. The van der Waals surface area contributed by atoms with E-state index in [1.807, 2.05) is 42.5 Å². The number of benzene rings is 1. The van der Waals surface area contributed by atoms with Crippen LogP contribution in [0.4, 0.5) is 0 Å². The van der Waals surface area contributed by atoms with Crippen LogP contribution in [0.25, 0.3) is 10.9 Å². The fourth-order valence-electron chi connectivity index (χ4n) is 4.66. The fourth-order valence-corrected chi connectivity index (χ4v) is 4.66. The summed E-state index contributed by atoms with van der Waals surface area (Å²) < 4.78 is 5.35. The molecule has 3 heterocycles. The largest absolute Gasteiger partial charge is 0.497 e. The zero-order chi connectivity index (χ0) is 23.0. The number of fused-ring (bicyclic) bond motifs is 1. The minimum Gasteiger partial charge on any atom is -0.497 e. The molecular formula is C27H31N3O3. The van der Waals surface area contributed by atoms with Gasteiger partial charge in [0.05, 0.1) is 25.3 Å². The van der Waals surface area contributed by atoms with Gasteiger partial charge in [-0.15, -0.1) is 0 Å². The third-order valence-electron chi connectivity index (χ3n) is 6.55. The van der Waals surface area contributed by atoms with Crippen LogP contribution in [0.2, 0.25) is 0 Å². The average molecular weight is 446 g/mol. The monoisotopic (exact) mass is 445 g/mol. The number of aromatic nitrogens is 2. The summed E-state index contributed by atoms with van der Waals surface area (Å²) in [6.45, 7) is 2.60. The molecule has 1 aliphatic heterocycles. The van der Waals surface area contributed by atoms with E-state index in [0.717, 1.165) is 53.8 Å². The molecule has 4 rings (SSSR count). The second-order valence-corrected chi connectivity index (χ2v) is 8.62. The first-order valence-electron chi connectivity index (χ1n) is 11.5. The number of aliphatic hydroxyl groups excluding tert-OH is 2. The SMILES string of the molecule is COc1ccc2nccc([C@@H](O)CC[C@@H]3CCN(CC#Cc4ccccn4)C[C@@H]3CO)c2c1. The number of hydrogen-bond acceptors (Lipinski definition) is 6. The second kappa shape index (κ2) is 11.2. The van der Waals surface area contributed by atoms with Crippen LogP contribution >= 0.6 is 0 Å². The number of rotatable bonds is 7. The molecule has 6 heteroatoms. The van der Waals surface area contributed by atoms with Crippen molar-refractivity contribution in [2.24, 2.45) is 11.8 Å². The van der Waals surface area contributed by atoms with E-state index in [2.05, 4.69) is 26.7 Å². The van der Waals surface area contributed by atoms with Gasteiger partial charge in [0.2, 0.25) is 0 Å². The molecule has 1 fully saturated rings. The topological polar surface area (TPSA) is 78.7 Å². The lowest BCUT2D eigenvalue weighted by Gasteiger charge is -2.37. The van der Waals surface area contributed by atoms with E-state index in [1.165, 1.54) is 0 Å². The summed E-state index contributed by atoms with van der Waals surface area (Å²) in [5.41, 5.74) is 2.50. The van der Waals surface area contributed by atoms with E-state index in [0.29, 0.717) is 18.9 Å². The quantitative estimate of drug-likeness (QED) is 0.543. The van der Waals surface area contributed by atoms with Crippen molar-refractivity contribution >= 4 is 10.9 Å². The Morgan fingerprint density at radius 2 is 2.06 bits per heavy atom. The minimum atomic E-state index is -0.579. The van der Waals surface area contributed by atoms with Crippen molar-refractivity contribution in [2.45, 2.75) is 25.4 Å². The summed E-state index contributed by atoms with van der Waals surface area (Å²) in [4.78, 5) is 10.9. The molecule has 2 N–H and O–H groups in total. The van der Waals surface area contributed by atoms with Crippen LogP contribution in [0.15, 0.2) is 54.9 Å². The molecule has 0 amide bonds. The number of ether oxygens (including phenoxy) is 1. The minimum absolute atomic E-state index is 0.153. The molecule has 3 aromatic rings. The van der Waals surface area contributed by atoms with Gasteiger partial charge in [0.1, 0.15) is 11.4 Å². The number of hydrogen-bond donors (Lipinski definition) is 2. The van der Waals surface area contributed by atoms with Crippen molar-refractivity contribution in [3.05, 3.63) is 66.1 Å². The van der Waals surface area contributed by atoms with Crippen molar-refractivity contribution in [1.29, 1.82) is 0 Å². The number of methoxy groups -OCH3 is 1. The molecule has 6 nitrogen and oxygen atoms in total. The lowest BCUT2D eigenvalue weighted by molar-refractivity contribution is 0.0640. The first kappa shape index (κ1) is 23.2. The summed E-state index contributed by atoms with van der Waals surface area (Å²) in [5.74, 6) is 7.64. The molecule has 0 unspecified atom stereocenters. The lowest BCUT2D eigenvalue weighted by atomic mass is 9.81. The molecule has 0 bridgehead atoms. The molecule has 2 aromatic heterocycles. The number of nitrogens with zero attached hydrogens (tertiary/aromatic N) is 3. The summed E-state index contributed by atoms with van der Waals surface area (Å²) in [6.07, 6.45) is 5.42. The lowest BCUT2D eigenvalue weighted by Crippen LogP contribution is -2.42. The zero-order valence-corrected chi connectivity index (χ0v) is 19.0. The number of likely N-dealkylation sites (tertiary alicyclic amines) is 1. The van der Waals surface area contributed by atoms with Gasteiger partial charge in [0.25, 0.3) is 0 Å². The molecule has 0 spiro atoms. The third-order valence-corrected chi connectivity index (χ3v) is 6.55. The molecule has 0 saturated carbocycles. The van der Waals surface area contributed by atoms with Gasteiger partial charge in [-0.1, -0.05) is 12.0 Å². The van der Waals surface area contributed by atoms with Gasteiger partial charge in [-0.2, -0.15) is 0 Å². The Labute approximate surface area is 195 Å². The molecule has 1 aromatic carbocycles. The normalized spacial score (nSPS) is 19.6. The summed E-state index contributed by atoms with van der Waals surface area (Å²) in [5, 5.41) is 21.9. The smallest absolute Gasteiger partial charge is 0.119 e. The van der Waals surface area contributed by atoms with Crippen LogP contribution in [0.1, 0.15) is 36.6 Å². The molecule has 3 atom stereocenters. The van der Waals surface area contributed by atoms with Crippen LogP contribution in [0.5, 0.6) is 5.75 Å². The molecule has 1 saturated heterocycles. The number of piperidine rings is 1. The van der Waals surface area contributed by atoms with Gasteiger partial charge in [0, 0.05) is 30.9 Å². The Kier molecular flexibility index (Phi) is 7.90. The molecule has 0 radical (unpaired) electrons. The standard InChI is InChI=1S/C27H31N3O3/c1-33-23-8-9-26-25(17-23)24(11-14-29-26)27(32)10-7-20-12-16-30(18-21(20)19-31)15-4-6-22-5-2-3-13-28-22/h2-3,5,8-9,11,13-14,17,20-21,27,31-32H,7,10,12,15-16,18-19H2,1H3/t20-,21-,27+/m1/s1. The van der Waals surface area contributed by atoms with E-state index < -0.39 is 6.10 Å².